The van der Waals surface area contributed by atoms with Crippen LogP contribution in [0.3, 0.4) is 0 Å². The molecule has 0 radical (unpaired) electrons. The summed E-state index contributed by atoms with van der Waals surface area (Å²) in [7, 11) is 0. The lowest BCUT2D eigenvalue weighted by atomic mass is 9.98. The molecule has 0 aliphatic carbocycles. The monoisotopic (exact) mass is 621 g/mol. The van der Waals surface area contributed by atoms with Gasteiger partial charge in [-0.2, -0.15) is 0 Å². The number of nitrogens with zero attached hydrogens (tertiary/aromatic N) is 2. The fourth-order valence-electron chi connectivity index (χ4n) is 5.73. The molecule has 45 heavy (non-hydrogen) atoms. The first-order valence-electron chi connectivity index (χ1n) is 16.6. The minimum atomic E-state index is -0.694. The summed E-state index contributed by atoms with van der Waals surface area (Å²) in [5.74, 6) is 1.34. The van der Waals surface area contributed by atoms with Gasteiger partial charge in [-0.1, -0.05) is 50.2 Å². The number of likely N-dealkylation sites (tertiary alicyclic amines) is 2. The van der Waals surface area contributed by atoms with Crippen molar-refractivity contribution in [2.24, 2.45) is 11.8 Å². The lowest BCUT2D eigenvalue weighted by Crippen LogP contribution is -2.51. The highest BCUT2D eigenvalue weighted by Gasteiger charge is 2.32. The molecule has 246 valence electrons. The summed E-state index contributed by atoms with van der Waals surface area (Å²) in [6, 6.07) is 15.6. The minimum Gasteiger partial charge on any atom is -0.493 e. The maximum absolute atomic E-state index is 13.5. The first-order valence-corrected chi connectivity index (χ1v) is 16.6. The number of ether oxygens (including phenoxy) is 3. The quantitative estimate of drug-likeness (QED) is 0.301. The average molecular weight is 622 g/mol. The molecule has 3 atom stereocenters. The molecule has 2 aromatic carbocycles. The predicted octanol–water partition coefficient (Wildman–Crippen LogP) is 6.68. The van der Waals surface area contributed by atoms with Crippen LogP contribution in [0, 0.1) is 11.8 Å². The Balaban J connectivity index is 1.31. The second kappa shape index (κ2) is 16.0. The molecule has 0 bridgehead atoms. The zero-order valence-electron chi connectivity index (χ0n) is 27.8. The van der Waals surface area contributed by atoms with Crippen molar-refractivity contribution in [2.45, 2.75) is 97.9 Å². The second-order valence-corrected chi connectivity index (χ2v) is 13.2. The second-order valence-electron chi connectivity index (χ2n) is 13.2. The zero-order chi connectivity index (χ0) is 32.5. The van der Waals surface area contributed by atoms with Crippen LogP contribution in [0.25, 0.3) is 11.1 Å². The maximum Gasteiger partial charge on any atom is 0.410 e. The Kier molecular flexibility index (Phi) is 12.1. The molecule has 1 N–H and O–H groups in total. The molecule has 2 unspecified atom stereocenters. The smallest absolute Gasteiger partial charge is 0.410 e. The normalized spacial score (nSPS) is 18.5. The Morgan fingerprint density at radius 1 is 0.844 bits per heavy atom. The van der Waals surface area contributed by atoms with Crippen molar-refractivity contribution in [3.8, 4) is 16.9 Å². The van der Waals surface area contributed by atoms with E-state index < -0.39 is 12.1 Å². The molecule has 2 aromatic rings. The van der Waals surface area contributed by atoms with Gasteiger partial charge in [-0.25, -0.2) is 9.59 Å². The molecule has 2 aliphatic rings. The van der Waals surface area contributed by atoms with Crippen molar-refractivity contribution in [2.75, 3.05) is 26.2 Å². The van der Waals surface area contributed by atoms with E-state index in [1.54, 1.807) is 4.90 Å². The molecule has 2 heterocycles. The van der Waals surface area contributed by atoms with Gasteiger partial charge in [-0.05, 0) is 94.0 Å². The summed E-state index contributed by atoms with van der Waals surface area (Å²) in [6.07, 6.45) is 2.99. The van der Waals surface area contributed by atoms with Crippen molar-refractivity contribution in [1.29, 1.82) is 0 Å². The number of piperidine rings is 1. The van der Waals surface area contributed by atoms with Gasteiger partial charge in [0.25, 0.3) is 0 Å². The first-order chi connectivity index (χ1) is 21.5. The van der Waals surface area contributed by atoms with Gasteiger partial charge < -0.3 is 29.3 Å². The summed E-state index contributed by atoms with van der Waals surface area (Å²) >= 11 is 0. The standard InChI is InChI=1S/C36H51N3O6/c1-24(2)27(6)45-35(41)37-33(34(40)39-19-7-8-26(39)5)22-28-9-11-30(12-10-28)31-13-15-32(16-14-31)43-23-29-17-20-38(21-18-29)36(42)44-25(3)4/h9-16,24-27,29,33H,7-8,17-23H2,1-6H3,(H,37,41)/t26-,27?,33?/m1/s1. The molecule has 0 spiro atoms. The van der Waals surface area contributed by atoms with Crippen molar-refractivity contribution in [1.82, 2.24) is 15.1 Å². The van der Waals surface area contributed by atoms with Gasteiger partial charge >= 0.3 is 12.2 Å². The summed E-state index contributed by atoms with van der Waals surface area (Å²) in [4.78, 5) is 42.0. The van der Waals surface area contributed by atoms with E-state index in [1.165, 1.54) is 0 Å². The number of hydrogen-bond acceptors (Lipinski definition) is 6. The fraction of sp³-hybridized carbons (Fsp3) is 0.583. The lowest BCUT2D eigenvalue weighted by molar-refractivity contribution is -0.133. The van der Waals surface area contributed by atoms with Gasteiger partial charge in [0.15, 0.2) is 0 Å². The third-order valence-corrected chi connectivity index (χ3v) is 8.93. The highest BCUT2D eigenvalue weighted by Crippen LogP contribution is 2.26. The number of carbonyl (C=O) groups is 3. The number of hydrogen-bond donors (Lipinski definition) is 1. The van der Waals surface area contributed by atoms with E-state index in [1.807, 2.05) is 88.0 Å². The topological polar surface area (TPSA) is 97.4 Å². The molecule has 0 saturated carbocycles. The van der Waals surface area contributed by atoms with Gasteiger partial charge in [0.05, 0.1) is 12.7 Å². The van der Waals surface area contributed by atoms with Crippen LogP contribution in [0.1, 0.15) is 72.8 Å². The van der Waals surface area contributed by atoms with Crippen LogP contribution < -0.4 is 10.1 Å². The van der Waals surface area contributed by atoms with Crippen LogP contribution in [0.4, 0.5) is 9.59 Å². The van der Waals surface area contributed by atoms with Gasteiger partial charge in [-0.3, -0.25) is 4.79 Å². The van der Waals surface area contributed by atoms with Crippen molar-refractivity contribution < 1.29 is 28.6 Å². The number of amides is 3. The zero-order valence-corrected chi connectivity index (χ0v) is 27.8. The van der Waals surface area contributed by atoms with Gasteiger partial charge in [0.1, 0.15) is 17.9 Å². The molecule has 2 fully saturated rings. The molecular weight excluding hydrogens is 570 g/mol. The molecule has 2 saturated heterocycles. The minimum absolute atomic E-state index is 0.0620. The summed E-state index contributed by atoms with van der Waals surface area (Å²) in [5, 5.41) is 2.86. The van der Waals surface area contributed by atoms with Crippen molar-refractivity contribution in [3.05, 3.63) is 54.1 Å². The number of nitrogens with one attached hydrogen (secondary N) is 1. The Bertz CT molecular complexity index is 1250. The van der Waals surface area contributed by atoms with E-state index in [9.17, 15) is 14.4 Å². The molecule has 9 heteroatoms. The molecule has 0 aromatic heterocycles. The van der Waals surface area contributed by atoms with Gasteiger partial charge in [0.2, 0.25) is 5.91 Å². The Hall–Kier alpha value is -3.75. The van der Waals surface area contributed by atoms with E-state index in [-0.39, 0.29) is 36.2 Å². The third-order valence-electron chi connectivity index (χ3n) is 8.93. The van der Waals surface area contributed by atoms with Crippen LogP contribution in [0.5, 0.6) is 5.75 Å². The van der Waals surface area contributed by atoms with Gasteiger partial charge in [-0.15, -0.1) is 0 Å². The van der Waals surface area contributed by atoms with Crippen LogP contribution in [0.15, 0.2) is 48.5 Å². The summed E-state index contributed by atoms with van der Waals surface area (Å²) in [6.45, 7) is 14.4. The fourth-order valence-corrected chi connectivity index (χ4v) is 5.73. The van der Waals surface area contributed by atoms with Crippen molar-refractivity contribution >= 4 is 18.1 Å². The highest BCUT2D eigenvalue weighted by molar-refractivity contribution is 5.86. The highest BCUT2D eigenvalue weighted by atomic mass is 16.6. The SMILES string of the molecule is CC(C)OC(=O)N1CCC(COc2ccc(-c3ccc(CC(NC(=O)OC(C)C(C)C)C(=O)N4CCC[C@H]4C)cc3)cc2)CC1. The van der Waals surface area contributed by atoms with Crippen LogP contribution in [-0.4, -0.2) is 78.4 Å². The van der Waals surface area contributed by atoms with E-state index in [4.69, 9.17) is 14.2 Å². The molecule has 3 amide bonds. The van der Waals surface area contributed by atoms with Crippen LogP contribution in [-0.2, 0) is 20.7 Å². The Labute approximate surface area is 268 Å². The van der Waals surface area contributed by atoms with Crippen molar-refractivity contribution in [3.63, 3.8) is 0 Å². The van der Waals surface area contributed by atoms with E-state index >= 15 is 0 Å². The molecule has 4 rings (SSSR count). The van der Waals surface area contributed by atoms with E-state index in [0.29, 0.717) is 38.6 Å². The van der Waals surface area contributed by atoms with Crippen LogP contribution in [0.2, 0.25) is 0 Å². The van der Waals surface area contributed by atoms with E-state index in [0.717, 1.165) is 48.1 Å². The number of carbonyl (C=O) groups excluding carboxylic acids is 3. The number of rotatable bonds is 11. The van der Waals surface area contributed by atoms with Crippen LogP contribution >= 0.6 is 0 Å². The first kappa shape index (κ1) is 34.1. The lowest BCUT2D eigenvalue weighted by Gasteiger charge is -2.31. The van der Waals surface area contributed by atoms with E-state index in [2.05, 4.69) is 12.2 Å². The average Bonchev–Trinajstić information content (AvgIpc) is 3.45. The third kappa shape index (κ3) is 9.87. The number of benzene rings is 2. The molecule has 9 nitrogen and oxygen atoms in total. The largest absolute Gasteiger partial charge is 0.493 e. The predicted molar refractivity (Wildman–Crippen MR) is 175 cm³/mol. The Morgan fingerprint density at radius 2 is 1.47 bits per heavy atom. The summed E-state index contributed by atoms with van der Waals surface area (Å²) in [5.41, 5.74) is 3.08. The van der Waals surface area contributed by atoms with Gasteiger partial charge in [0, 0.05) is 32.1 Å². The molecule has 2 aliphatic heterocycles. The molecular formula is C36H51N3O6. The maximum atomic E-state index is 13.5. The summed E-state index contributed by atoms with van der Waals surface area (Å²) < 4.78 is 16.9. The Morgan fingerprint density at radius 3 is 2.02 bits per heavy atom. The number of alkyl carbamates (subject to hydrolysis) is 1.